The number of aryl methyl sites for hydroxylation is 2. The van der Waals surface area contributed by atoms with Gasteiger partial charge in [-0.15, -0.1) is 0 Å². The van der Waals surface area contributed by atoms with E-state index in [2.05, 4.69) is 12.0 Å². The molecule has 1 unspecified atom stereocenters. The van der Waals surface area contributed by atoms with Gasteiger partial charge in [-0.05, 0) is 24.5 Å². The van der Waals surface area contributed by atoms with E-state index in [1.807, 2.05) is 48.1 Å². The Hall–Kier alpha value is -1.90. The molecule has 0 saturated carbocycles. The van der Waals surface area contributed by atoms with Crippen molar-refractivity contribution >= 4 is 5.78 Å². The third kappa shape index (κ3) is 3.31. The summed E-state index contributed by atoms with van der Waals surface area (Å²) in [4.78, 5) is 12.4. The molecule has 0 bridgehead atoms. The van der Waals surface area contributed by atoms with Crippen LogP contribution < -0.4 is 0 Å². The normalized spacial score (nSPS) is 12.3. The summed E-state index contributed by atoms with van der Waals surface area (Å²) in [7, 11) is 1.91. The third-order valence-electron chi connectivity index (χ3n) is 3.55. The summed E-state index contributed by atoms with van der Waals surface area (Å²) >= 11 is 0. The monoisotopic (exact) mass is 256 g/mol. The Morgan fingerprint density at radius 2 is 2.00 bits per heavy atom. The number of rotatable bonds is 6. The number of Topliss-reactive ketones (excluding diaryl/α,β-unsaturated/α-hetero) is 1. The minimum atomic E-state index is 0.0226. The van der Waals surface area contributed by atoms with Crippen LogP contribution in [0.3, 0.4) is 0 Å². The molecule has 1 atom stereocenters. The van der Waals surface area contributed by atoms with Gasteiger partial charge in [-0.3, -0.25) is 9.48 Å². The highest BCUT2D eigenvalue weighted by Crippen LogP contribution is 2.22. The van der Waals surface area contributed by atoms with Crippen LogP contribution in [0, 0.1) is 0 Å². The second-order valence-corrected chi connectivity index (χ2v) is 4.78. The number of hydrogen-bond donors (Lipinski definition) is 0. The summed E-state index contributed by atoms with van der Waals surface area (Å²) < 4.78 is 1.83. The van der Waals surface area contributed by atoms with Gasteiger partial charge in [-0.25, -0.2) is 0 Å². The molecule has 0 fully saturated rings. The third-order valence-corrected chi connectivity index (χ3v) is 3.55. The van der Waals surface area contributed by atoms with Crippen molar-refractivity contribution in [2.24, 2.45) is 7.05 Å². The van der Waals surface area contributed by atoms with Crippen molar-refractivity contribution in [3.63, 3.8) is 0 Å². The van der Waals surface area contributed by atoms with Crippen LogP contribution in [0.15, 0.2) is 42.6 Å². The highest BCUT2D eigenvalue weighted by Gasteiger charge is 2.18. The van der Waals surface area contributed by atoms with Crippen LogP contribution in [-0.4, -0.2) is 15.6 Å². The molecule has 3 heteroatoms. The standard InChI is InChI=1S/C16H20N2O/c1-3-15(13-7-5-4-6-8-13)16(19)10-9-14-11-12-17-18(14)2/h4-8,11-12,15H,3,9-10H2,1-2H3. The van der Waals surface area contributed by atoms with Crippen LogP contribution in [0.5, 0.6) is 0 Å². The van der Waals surface area contributed by atoms with Crippen molar-refractivity contribution in [2.45, 2.75) is 32.1 Å². The second-order valence-electron chi connectivity index (χ2n) is 4.78. The molecule has 1 heterocycles. The maximum Gasteiger partial charge on any atom is 0.140 e. The molecule has 0 aliphatic carbocycles. The average Bonchev–Trinajstić information content (AvgIpc) is 2.84. The highest BCUT2D eigenvalue weighted by molar-refractivity contribution is 5.85. The molecule has 0 spiro atoms. The summed E-state index contributed by atoms with van der Waals surface area (Å²) in [6.45, 7) is 2.07. The van der Waals surface area contributed by atoms with E-state index in [9.17, 15) is 4.79 Å². The SMILES string of the molecule is CCC(C(=O)CCc1ccnn1C)c1ccccc1. The van der Waals surface area contributed by atoms with E-state index in [0.717, 1.165) is 24.1 Å². The molecule has 0 aliphatic heterocycles. The molecule has 19 heavy (non-hydrogen) atoms. The topological polar surface area (TPSA) is 34.9 Å². The molecule has 3 nitrogen and oxygen atoms in total. The van der Waals surface area contributed by atoms with E-state index in [1.54, 1.807) is 6.20 Å². The van der Waals surface area contributed by atoms with Gasteiger partial charge in [-0.1, -0.05) is 37.3 Å². The molecule has 0 N–H and O–H groups in total. The minimum absolute atomic E-state index is 0.0226. The van der Waals surface area contributed by atoms with Crippen LogP contribution in [-0.2, 0) is 18.3 Å². The summed E-state index contributed by atoms with van der Waals surface area (Å²) in [6, 6.07) is 12.0. The van der Waals surface area contributed by atoms with Gasteiger partial charge in [0.25, 0.3) is 0 Å². The Bertz CT molecular complexity index is 531. The molecular weight excluding hydrogens is 236 g/mol. The predicted molar refractivity (Wildman–Crippen MR) is 76.0 cm³/mol. The van der Waals surface area contributed by atoms with Crippen molar-refractivity contribution in [1.29, 1.82) is 0 Å². The van der Waals surface area contributed by atoms with E-state index < -0.39 is 0 Å². The van der Waals surface area contributed by atoms with Crippen molar-refractivity contribution < 1.29 is 4.79 Å². The van der Waals surface area contributed by atoms with Gasteiger partial charge in [0.05, 0.1) is 0 Å². The van der Waals surface area contributed by atoms with Crippen LogP contribution in [0.4, 0.5) is 0 Å². The van der Waals surface area contributed by atoms with E-state index in [1.165, 1.54) is 0 Å². The molecule has 2 rings (SSSR count). The zero-order chi connectivity index (χ0) is 13.7. The number of ketones is 1. The fourth-order valence-electron chi connectivity index (χ4n) is 2.41. The Kier molecular flexibility index (Phi) is 4.50. The van der Waals surface area contributed by atoms with Gasteiger partial charge in [-0.2, -0.15) is 5.10 Å². The van der Waals surface area contributed by atoms with Gasteiger partial charge in [0.2, 0.25) is 0 Å². The summed E-state index contributed by atoms with van der Waals surface area (Å²) in [6.07, 6.45) is 3.97. The number of aromatic nitrogens is 2. The Morgan fingerprint density at radius 1 is 1.26 bits per heavy atom. The average molecular weight is 256 g/mol. The van der Waals surface area contributed by atoms with Crippen LogP contribution in [0.25, 0.3) is 0 Å². The Labute approximate surface area is 114 Å². The summed E-state index contributed by atoms with van der Waals surface area (Å²) in [5.74, 6) is 0.337. The molecule has 0 radical (unpaired) electrons. The molecule has 2 aromatic rings. The predicted octanol–water partition coefficient (Wildman–Crippen LogP) is 3.12. The lowest BCUT2D eigenvalue weighted by Crippen LogP contribution is -2.13. The van der Waals surface area contributed by atoms with E-state index in [0.29, 0.717) is 12.2 Å². The van der Waals surface area contributed by atoms with E-state index in [-0.39, 0.29) is 5.92 Å². The smallest absolute Gasteiger partial charge is 0.140 e. The number of hydrogen-bond acceptors (Lipinski definition) is 2. The number of carbonyl (C=O) groups is 1. The largest absolute Gasteiger partial charge is 0.299 e. The van der Waals surface area contributed by atoms with E-state index >= 15 is 0 Å². The maximum absolute atomic E-state index is 12.4. The van der Waals surface area contributed by atoms with Crippen molar-refractivity contribution in [2.75, 3.05) is 0 Å². The first-order valence-electron chi connectivity index (χ1n) is 6.77. The fraction of sp³-hybridized carbons (Fsp3) is 0.375. The number of benzene rings is 1. The lowest BCUT2D eigenvalue weighted by Gasteiger charge is -2.14. The zero-order valence-corrected chi connectivity index (χ0v) is 11.5. The Morgan fingerprint density at radius 3 is 2.58 bits per heavy atom. The number of carbonyl (C=O) groups excluding carboxylic acids is 1. The second kappa shape index (κ2) is 6.32. The zero-order valence-electron chi connectivity index (χ0n) is 11.5. The van der Waals surface area contributed by atoms with Crippen molar-refractivity contribution in [3.8, 4) is 0 Å². The molecule has 0 saturated heterocycles. The van der Waals surface area contributed by atoms with Gasteiger partial charge < -0.3 is 0 Å². The molecule has 100 valence electrons. The van der Waals surface area contributed by atoms with Gasteiger partial charge in [0.15, 0.2) is 0 Å². The van der Waals surface area contributed by atoms with Gasteiger partial charge in [0, 0.05) is 31.3 Å². The lowest BCUT2D eigenvalue weighted by atomic mass is 9.90. The fourth-order valence-corrected chi connectivity index (χ4v) is 2.41. The first kappa shape index (κ1) is 13.5. The minimum Gasteiger partial charge on any atom is -0.299 e. The van der Waals surface area contributed by atoms with Crippen LogP contribution in [0.1, 0.15) is 36.9 Å². The summed E-state index contributed by atoms with van der Waals surface area (Å²) in [5.41, 5.74) is 2.23. The van der Waals surface area contributed by atoms with E-state index in [4.69, 9.17) is 0 Å². The molecule has 0 amide bonds. The lowest BCUT2D eigenvalue weighted by molar-refractivity contribution is -0.120. The molecule has 1 aromatic heterocycles. The van der Waals surface area contributed by atoms with Crippen LogP contribution >= 0.6 is 0 Å². The molecule has 1 aromatic carbocycles. The van der Waals surface area contributed by atoms with Crippen molar-refractivity contribution in [3.05, 3.63) is 53.9 Å². The van der Waals surface area contributed by atoms with Gasteiger partial charge in [0.1, 0.15) is 5.78 Å². The van der Waals surface area contributed by atoms with Gasteiger partial charge >= 0.3 is 0 Å². The maximum atomic E-state index is 12.4. The first-order valence-corrected chi connectivity index (χ1v) is 6.77. The summed E-state index contributed by atoms with van der Waals surface area (Å²) in [5, 5.41) is 4.12. The number of nitrogens with zero attached hydrogens (tertiary/aromatic N) is 2. The first-order chi connectivity index (χ1) is 9.22. The van der Waals surface area contributed by atoms with Crippen LogP contribution in [0.2, 0.25) is 0 Å². The quantitative estimate of drug-likeness (QED) is 0.796. The Balaban J connectivity index is 2.00. The highest BCUT2D eigenvalue weighted by atomic mass is 16.1. The molecular formula is C16H20N2O. The van der Waals surface area contributed by atoms with Crippen molar-refractivity contribution in [1.82, 2.24) is 9.78 Å². The molecule has 0 aliphatic rings.